The van der Waals surface area contributed by atoms with Crippen molar-refractivity contribution < 1.29 is 14.1 Å². The number of hydrogen-bond acceptors (Lipinski definition) is 4. The molecule has 25 heavy (non-hydrogen) atoms. The third kappa shape index (κ3) is 4.21. The summed E-state index contributed by atoms with van der Waals surface area (Å²) in [5, 5.41) is 17.2. The van der Waals surface area contributed by atoms with Crippen LogP contribution in [0.2, 0.25) is 0 Å². The molecule has 0 amide bonds. The molecule has 8 heteroatoms. The molecule has 0 radical (unpaired) electrons. The van der Waals surface area contributed by atoms with Crippen molar-refractivity contribution in [2.45, 2.75) is 18.9 Å². The number of benzene rings is 2. The Bertz CT molecular complexity index is 798. The Morgan fingerprint density at radius 1 is 1.28 bits per heavy atom. The van der Waals surface area contributed by atoms with Crippen LogP contribution in [-0.2, 0) is 0 Å². The van der Waals surface area contributed by atoms with Crippen LogP contribution in [0.25, 0.3) is 0 Å². The van der Waals surface area contributed by atoms with Gasteiger partial charge in [-0.1, -0.05) is 0 Å². The van der Waals surface area contributed by atoms with Crippen molar-refractivity contribution in [3.8, 4) is 5.75 Å². The van der Waals surface area contributed by atoms with Crippen molar-refractivity contribution in [2.75, 3.05) is 11.9 Å². The van der Waals surface area contributed by atoms with E-state index < -0.39 is 4.92 Å². The second-order valence-electron chi connectivity index (χ2n) is 5.63. The second kappa shape index (κ2) is 7.43. The average molecular weight is 361 g/mol. The second-order valence-corrected chi connectivity index (χ2v) is 6.04. The van der Waals surface area contributed by atoms with Crippen LogP contribution in [-0.4, -0.2) is 16.6 Å². The lowest BCUT2D eigenvalue weighted by Gasteiger charge is -2.20. The highest BCUT2D eigenvalue weighted by Gasteiger charge is 2.21. The van der Waals surface area contributed by atoms with E-state index in [2.05, 4.69) is 10.6 Å². The number of hydrogen-bond donors (Lipinski definition) is 2. The maximum absolute atomic E-state index is 13.6. The van der Waals surface area contributed by atoms with Gasteiger partial charge in [-0.05, 0) is 55.4 Å². The van der Waals surface area contributed by atoms with Crippen LogP contribution >= 0.6 is 12.2 Å². The third-order valence-corrected chi connectivity index (χ3v) is 4.10. The number of anilines is 1. The molecule has 0 fully saturated rings. The molecule has 2 aromatic rings. The SMILES string of the molecule is O=[N+]([O-])c1ccc(NC(=S)N[C@H]2CCCOc3ccc(F)cc32)cc1. The Hall–Kier alpha value is -2.74. The lowest BCUT2D eigenvalue weighted by Crippen LogP contribution is -2.32. The molecule has 0 spiro atoms. The molecule has 0 aromatic heterocycles. The fourth-order valence-electron chi connectivity index (χ4n) is 2.69. The monoisotopic (exact) mass is 361 g/mol. The molecule has 1 aliphatic rings. The lowest BCUT2D eigenvalue weighted by atomic mass is 10.0. The highest BCUT2D eigenvalue weighted by Crippen LogP contribution is 2.32. The Morgan fingerprint density at radius 3 is 2.76 bits per heavy atom. The van der Waals surface area contributed by atoms with E-state index in [4.69, 9.17) is 17.0 Å². The number of nitrogens with one attached hydrogen (secondary N) is 2. The summed E-state index contributed by atoms with van der Waals surface area (Å²) in [6, 6.07) is 10.2. The van der Waals surface area contributed by atoms with Gasteiger partial charge in [-0.25, -0.2) is 4.39 Å². The number of nitro benzene ring substituents is 1. The first kappa shape index (κ1) is 17.1. The topological polar surface area (TPSA) is 76.4 Å². The van der Waals surface area contributed by atoms with E-state index >= 15 is 0 Å². The first-order valence-corrected chi connectivity index (χ1v) is 8.18. The molecule has 1 heterocycles. The van der Waals surface area contributed by atoms with Gasteiger partial charge in [-0.15, -0.1) is 0 Å². The Morgan fingerprint density at radius 2 is 2.04 bits per heavy atom. The minimum Gasteiger partial charge on any atom is -0.493 e. The van der Waals surface area contributed by atoms with Crippen molar-refractivity contribution in [3.63, 3.8) is 0 Å². The molecule has 0 bridgehead atoms. The maximum Gasteiger partial charge on any atom is 0.269 e. The fourth-order valence-corrected chi connectivity index (χ4v) is 2.95. The lowest BCUT2D eigenvalue weighted by molar-refractivity contribution is -0.384. The molecule has 1 aliphatic heterocycles. The Kier molecular flexibility index (Phi) is 5.08. The molecule has 130 valence electrons. The van der Waals surface area contributed by atoms with Crippen LogP contribution in [0.3, 0.4) is 0 Å². The number of rotatable bonds is 3. The van der Waals surface area contributed by atoms with E-state index in [1.54, 1.807) is 18.2 Å². The fraction of sp³-hybridized carbons (Fsp3) is 0.235. The highest BCUT2D eigenvalue weighted by atomic mass is 32.1. The molecular formula is C17H16FN3O3S. The predicted octanol–water partition coefficient (Wildman–Crippen LogP) is 3.93. The molecule has 0 unspecified atom stereocenters. The Balaban J connectivity index is 1.70. The molecule has 3 rings (SSSR count). The largest absolute Gasteiger partial charge is 0.493 e. The Labute approximate surface area is 149 Å². The summed E-state index contributed by atoms with van der Waals surface area (Å²) >= 11 is 5.32. The zero-order valence-corrected chi connectivity index (χ0v) is 14.0. The molecule has 0 aliphatic carbocycles. The first-order chi connectivity index (χ1) is 12.0. The van der Waals surface area contributed by atoms with E-state index in [0.717, 1.165) is 18.4 Å². The standard InChI is InChI=1S/C17H16FN3O3S/c18-11-3-8-16-14(10-11)15(2-1-9-24-16)20-17(25)19-12-4-6-13(7-5-12)21(22)23/h3-8,10,15H,1-2,9H2,(H2,19,20,25)/t15-/m0/s1. The first-order valence-electron chi connectivity index (χ1n) is 7.77. The van der Waals surface area contributed by atoms with Crippen LogP contribution in [0.15, 0.2) is 42.5 Å². The van der Waals surface area contributed by atoms with Crippen molar-refractivity contribution >= 4 is 28.7 Å². The maximum atomic E-state index is 13.6. The summed E-state index contributed by atoms with van der Waals surface area (Å²) in [4.78, 5) is 10.2. The van der Waals surface area contributed by atoms with Gasteiger partial charge >= 0.3 is 0 Å². The minimum absolute atomic E-state index is 0.00903. The molecule has 2 aromatic carbocycles. The molecule has 2 N–H and O–H groups in total. The van der Waals surface area contributed by atoms with E-state index in [-0.39, 0.29) is 17.5 Å². The number of non-ortho nitro benzene ring substituents is 1. The van der Waals surface area contributed by atoms with Crippen molar-refractivity contribution in [1.29, 1.82) is 0 Å². The summed E-state index contributed by atoms with van der Waals surface area (Å²) in [5.74, 6) is 0.319. The van der Waals surface area contributed by atoms with E-state index in [0.29, 0.717) is 23.2 Å². The van der Waals surface area contributed by atoms with E-state index in [1.807, 2.05) is 0 Å². The van der Waals surface area contributed by atoms with Crippen LogP contribution in [0.4, 0.5) is 15.8 Å². The predicted molar refractivity (Wildman–Crippen MR) is 96.3 cm³/mol. The van der Waals surface area contributed by atoms with Crippen LogP contribution in [0, 0.1) is 15.9 Å². The van der Waals surface area contributed by atoms with Gasteiger partial charge in [0.25, 0.3) is 5.69 Å². The van der Waals surface area contributed by atoms with Gasteiger partial charge in [0.15, 0.2) is 5.11 Å². The molecule has 6 nitrogen and oxygen atoms in total. The van der Waals surface area contributed by atoms with Crippen LogP contribution in [0.1, 0.15) is 24.4 Å². The smallest absolute Gasteiger partial charge is 0.269 e. The summed E-state index contributed by atoms with van der Waals surface area (Å²) in [6.45, 7) is 0.569. The molecule has 0 saturated carbocycles. The van der Waals surface area contributed by atoms with E-state index in [9.17, 15) is 14.5 Å². The number of thiocarbonyl (C=S) groups is 1. The van der Waals surface area contributed by atoms with Gasteiger partial charge in [-0.3, -0.25) is 10.1 Å². The van der Waals surface area contributed by atoms with Gasteiger partial charge in [-0.2, -0.15) is 0 Å². The highest BCUT2D eigenvalue weighted by molar-refractivity contribution is 7.80. The molecular weight excluding hydrogens is 345 g/mol. The number of nitro groups is 1. The number of fused-ring (bicyclic) bond motifs is 1. The third-order valence-electron chi connectivity index (χ3n) is 3.88. The summed E-state index contributed by atoms with van der Waals surface area (Å²) in [5.41, 5.74) is 1.37. The summed E-state index contributed by atoms with van der Waals surface area (Å²) in [7, 11) is 0. The van der Waals surface area contributed by atoms with Gasteiger partial charge in [0.2, 0.25) is 0 Å². The zero-order valence-electron chi connectivity index (χ0n) is 13.2. The molecule has 1 atom stereocenters. The van der Waals surface area contributed by atoms with Crippen molar-refractivity contribution in [3.05, 3.63) is 64.0 Å². The average Bonchev–Trinajstić information content (AvgIpc) is 2.77. The van der Waals surface area contributed by atoms with Gasteiger partial charge in [0.05, 0.1) is 17.6 Å². The minimum atomic E-state index is -0.461. The summed E-state index contributed by atoms with van der Waals surface area (Å²) in [6.07, 6.45) is 1.56. The van der Waals surface area contributed by atoms with Gasteiger partial charge in [0.1, 0.15) is 11.6 Å². The zero-order chi connectivity index (χ0) is 17.8. The van der Waals surface area contributed by atoms with Crippen LogP contribution in [0.5, 0.6) is 5.75 Å². The number of nitrogens with zero attached hydrogens (tertiary/aromatic N) is 1. The van der Waals surface area contributed by atoms with Crippen molar-refractivity contribution in [1.82, 2.24) is 5.32 Å². The van der Waals surface area contributed by atoms with Gasteiger partial charge in [0, 0.05) is 23.4 Å². The van der Waals surface area contributed by atoms with Crippen LogP contribution < -0.4 is 15.4 Å². The normalized spacial score (nSPS) is 16.1. The van der Waals surface area contributed by atoms with E-state index in [1.165, 1.54) is 24.3 Å². The number of ether oxygens (including phenoxy) is 1. The summed E-state index contributed by atoms with van der Waals surface area (Å²) < 4.78 is 19.2. The van der Waals surface area contributed by atoms with Crippen molar-refractivity contribution in [2.24, 2.45) is 0 Å². The quantitative estimate of drug-likeness (QED) is 0.490. The van der Waals surface area contributed by atoms with Gasteiger partial charge < -0.3 is 15.4 Å². The molecule has 0 saturated heterocycles. The number of halogens is 1.